The number of likely N-dealkylation sites (tertiary alicyclic amines) is 1. The first-order valence-electron chi connectivity index (χ1n) is 9.38. The zero-order chi connectivity index (χ0) is 19.7. The molecule has 27 heavy (non-hydrogen) atoms. The summed E-state index contributed by atoms with van der Waals surface area (Å²) in [6.45, 7) is 3.73. The van der Waals surface area contributed by atoms with Crippen LogP contribution in [0.2, 0.25) is 0 Å². The molecule has 2 rings (SSSR count). The first-order valence-corrected chi connectivity index (χ1v) is 9.38. The third-order valence-corrected chi connectivity index (χ3v) is 4.64. The molecular weight excluding hydrogens is 357 g/mol. The Morgan fingerprint density at radius 2 is 2.04 bits per heavy atom. The zero-order valence-electron chi connectivity index (χ0n) is 15.7. The lowest BCUT2D eigenvalue weighted by Gasteiger charge is -2.19. The second kappa shape index (κ2) is 10.5. The predicted octanol–water partition coefficient (Wildman–Crippen LogP) is 2.20. The minimum atomic E-state index is -4.14. The summed E-state index contributed by atoms with van der Waals surface area (Å²) in [6.07, 6.45) is -3.40. The van der Waals surface area contributed by atoms with Crippen LogP contribution in [0.25, 0.3) is 0 Å². The van der Waals surface area contributed by atoms with Gasteiger partial charge in [-0.3, -0.25) is 9.89 Å². The topological polar surface area (TPSA) is 59.9 Å². The van der Waals surface area contributed by atoms with Crippen LogP contribution in [0.4, 0.5) is 13.2 Å². The van der Waals surface area contributed by atoms with Crippen LogP contribution in [0.5, 0.6) is 0 Å². The number of rotatable bonds is 8. The average Bonchev–Trinajstić information content (AvgIpc) is 3.06. The van der Waals surface area contributed by atoms with Crippen LogP contribution in [-0.2, 0) is 0 Å². The molecule has 1 aliphatic rings. The van der Waals surface area contributed by atoms with Crippen molar-refractivity contribution in [1.29, 1.82) is 0 Å². The van der Waals surface area contributed by atoms with Crippen molar-refractivity contribution in [2.24, 2.45) is 10.9 Å². The van der Waals surface area contributed by atoms with Gasteiger partial charge in [0.15, 0.2) is 5.96 Å². The third-order valence-electron chi connectivity index (χ3n) is 4.64. The first-order chi connectivity index (χ1) is 12.9. The summed E-state index contributed by atoms with van der Waals surface area (Å²) < 4.78 is 37.5. The summed E-state index contributed by atoms with van der Waals surface area (Å²) in [5, 5.41) is 16.0. The van der Waals surface area contributed by atoms with Crippen molar-refractivity contribution in [2.45, 2.75) is 25.4 Å². The molecule has 3 N–H and O–H groups in total. The number of hydrogen-bond acceptors (Lipinski definition) is 3. The number of benzene rings is 1. The lowest BCUT2D eigenvalue weighted by Crippen LogP contribution is -2.41. The van der Waals surface area contributed by atoms with Crippen LogP contribution in [-0.4, -0.2) is 68.0 Å². The van der Waals surface area contributed by atoms with E-state index in [1.165, 1.54) is 4.90 Å². The molecule has 1 saturated heterocycles. The van der Waals surface area contributed by atoms with Gasteiger partial charge in [-0.25, -0.2) is 0 Å². The van der Waals surface area contributed by atoms with Crippen LogP contribution < -0.4 is 10.6 Å². The highest BCUT2D eigenvalue weighted by Gasteiger charge is 2.34. The van der Waals surface area contributed by atoms with E-state index in [-0.39, 0.29) is 18.4 Å². The Morgan fingerprint density at radius 3 is 2.67 bits per heavy atom. The van der Waals surface area contributed by atoms with Gasteiger partial charge in [0.25, 0.3) is 0 Å². The zero-order valence-corrected chi connectivity index (χ0v) is 15.7. The van der Waals surface area contributed by atoms with Crippen molar-refractivity contribution in [3.63, 3.8) is 0 Å². The fraction of sp³-hybridized carbons (Fsp3) is 0.632. The van der Waals surface area contributed by atoms with Crippen LogP contribution in [0.1, 0.15) is 24.8 Å². The number of aliphatic imine (C=N–C) groups is 1. The fourth-order valence-electron chi connectivity index (χ4n) is 3.25. The Morgan fingerprint density at radius 1 is 1.30 bits per heavy atom. The number of nitrogens with one attached hydrogen (secondary N) is 2. The second-order valence-corrected chi connectivity index (χ2v) is 6.90. The van der Waals surface area contributed by atoms with Crippen LogP contribution in [0.3, 0.4) is 0 Å². The summed E-state index contributed by atoms with van der Waals surface area (Å²) in [5.41, 5.74) is 1.03. The van der Waals surface area contributed by atoms with E-state index in [2.05, 4.69) is 15.6 Å². The van der Waals surface area contributed by atoms with Gasteiger partial charge < -0.3 is 15.7 Å². The van der Waals surface area contributed by atoms with E-state index in [1.807, 2.05) is 37.3 Å². The Hall–Kier alpha value is -1.80. The molecule has 1 aromatic carbocycles. The molecule has 0 amide bonds. The van der Waals surface area contributed by atoms with Gasteiger partial charge >= 0.3 is 6.18 Å². The summed E-state index contributed by atoms with van der Waals surface area (Å²) in [7, 11) is 0. The maximum atomic E-state index is 12.5. The quantitative estimate of drug-likeness (QED) is 0.474. The fourth-order valence-corrected chi connectivity index (χ4v) is 3.25. The largest absolute Gasteiger partial charge is 0.401 e. The summed E-state index contributed by atoms with van der Waals surface area (Å²) >= 11 is 0. The Labute approximate surface area is 158 Å². The van der Waals surface area contributed by atoms with E-state index < -0.39 is 12.7 Å². The summed E-state index contributed by atoms with van der Waals surface area (Å²) in [5.74, 6) is 0.704. The molecule has 1 aliphatic heterocycles. The van der Waals surface area contributed by atoms with Crippen LogP contribution in [0, 0.1) is 5.92 Å². The molecule has 0 spiro atoms. The Kier molecular flexibility index (Phi) is 8.37. The van der Waals surface area contributed by atoms with E-state index in [1.54, 1.807) is 0 Å². The lowest BCUT2D eigenvalue weighted by atomic mass is 10.0. The van der Waals surface area contributed by atoms with E-state index in [0.717, 1.165) is 12.0 Å². The van der Waals surface area contributed by atoms with Crippen molar-refractivity contribution >= 4 is 5.96 Å². The Balaban J connectivity index is 1.85. The van der Waals surface area contributed by atoms with Crippen molar-refractivity contribution in [2.75, 3.05) is 45.9 Å². The molecule has 1 heterocycles. The van der Waals surface area contributed by atoms with Gasteiger partial charge in [-0.15, -0.1) is 0 Å². The van der Waals surface area contributed by atoms with E-state index in [9.17, 15) is 18.3 Å². The second-order valence-electron chi connectivity index (χ2n) is 6.90. The van der Waals surface area contributed by atoms with Gasteiger partial charge in [0, 0.05) is 25.6 Å². The van der Waals surface area contributed by atoms with Crippen molar-refractivity contribution < 1.29 is 18.3 Å². The minimum Gasteiger partial charge on any atom is -0.396 e. The number of alkyl halides is 3. The Bertz CT molecular complexity index is 580. The standard InChI is InChI=1S/C19H29F3N4O/c1-2-23-18(25-11-17(13-27)16-6-4-3-5-7-16)24-10-15-8-9-26(12-15)14-19(20,21)22/h3-7,15,17,27H,2,8-14H2,1H3,(H2,23,24,25). The van der Waals surface area contributed by atoms with E-state index in [0.29, 0.717) is 38.7 Å². The highest BCUT2D eigenvalue weighted by molar-refractivity contribution is 5.79. The van der Waals surface area contributed by atoms with Crippen molar-refractivity contribution in [3.8, 4) is 0 Å². The smallest absolute Gasteiger partial charge is 0.396 e. The number of halogens is 3. The average molecular weight is 386 g/mol. The molecule has 0 bridgehead atoms. The van der Waals surface area contributed by atoms with Gasteiger partial charge in [0.05, 0.1) is 19.7 Å². The van der Waals surface area contributed by atoms with Crippen molar-refractivity contribution in [3.05, 3.63) is 35.9 Å². The normalized spacial score (nSPS) is 19.9. The number of hydrogen-bond donors (Lipinski definition) is 3. The van der Waals surface area contributed by atoms with E-state index in [4.69, 9.17) is 0 Å². The summed E-state index contributed by atoms with van der Waals surface area (Å²) in [6, 6.07) is 9.71. The van der Waals surface area contributed by atoms with E-state index >= 15 is 0 Å². The molecule has 0 aliphatic carbocycles. The molecule has 2 unspecified atom stereocenters. The highest BCUT2D eigenvalue weighted by Crippen LogP contribution is 2.22. The molecular formula is C19H29F3N4O. The van der Waals surface area contributed by atoms with Gasteiger partial charge in [-0.05, 0) is 31.4 Å². The molecule has 1 fully saturated rings. The number of aliphatic hydroxyl groups excluding tert-OH is 1. The lowest BCUT2D eigenvalue weighted by molar-refractivity contribution is -0.143. The third kappa shape index (κ3) is 7.76. The number of aliphatic hydroxyl groups is 1. The summed E-state index contributed by atoms with van der Waals surface area (Å²) in [4.78, 5) is 5.99. The number of guanidine groups is 1. The predicted molar refractivity (Wildman–Crippen MR) is 101 cm³/mol. The minimum absolute atomic E-state index is 0.00193. The van der Waals surface area contributed by atoms with Crippen molar-refractivity contribution in [1.82, 2.24) is 15.5 Å². The molecule has 2 atom stereocenters. The molecule has 1 aromatic rings. The molecule has 0 aromatic heterocycles. The monoisotopic (exact) mass is 386 g/mol. The molecule has 5 nitrogen and oxygen atoms in total. The molecule has 0 radical (unpaired) electrons. The highest BCUT2D eigenvalue weighted by atomic mass is 19.4. The van der Waals surface area contributed by atoms with Crippen LogP contribution >= 0.6 is 0 Å². The maximum Gasteiger partial charge on any atom is 0.401 e. The molecule has 8 heteroatoms. The molecule has 0 saturated carbocycles. The van der Waals surface area contributed by atoms with Gasteiger partial charge in [0.2, 0.25) is 0 Å². The maximum absolute atomic E-state index is 12.5. The van der Waals surface area contributed by atoms with Gasteiger partial charge in [-0.2, -0.15) is 13.2 Å². The van der Waals surface area contributed by atoms with Gasteiger partial charge in [-0.1, -0.05) is 30.3 Å². The van der Waals surface area contributed by atoms with Gasteiger partial charge in [0.1, 0.15) is 0 Å². The SMILES string of the molecule is CCNC(=NCC(CO)c1ccccc1)NCC1CCN(CC(F)(F)F)C1. The first kappa shape index (κ1) is 21.5. The van der Waals surface area contributed by atoms with Crippen LogP contribution in [0.15, 0.2) is 35.3 Å². The molecule has 152 valence electrons. The number of nitrogens with zero attached hydrogens (tertiary/aromatic N) is 2.